The average molecular weight is 429 g/mol. The number of nitrogens with one attached hydrogen (secondary N) is 2. The van der Waals surface area contributed by atoms with Gasteiger partial charge < -0.3 is 20.1 Å². The van der Waals surface area contributed by atoms with E-state index in [1.165, 1.54) is 6.33 Å². The molecular weight excluding hydrogens is 404 g/mol. The van der Waals surface area contributed by atoms with Crippen molar-refractivity contribution in [1.29, 1.82) is 0 Å². The van der Waals surface area contributed by atoms with Gasteiger partial charge in [0.1, 0.15) is 17.7 Å². The maximum Gasteiger partial charge on any atom is 0.253 e. The van der Waals surface area contributed by atoms with Crippen molar-refractivity contribution in [3.63, 3.8) is 0 Å². The molecule has 3 aromatic heterocycles. The van der Waals surface area contributed by atoms with Gasteiger partial charge in [0.05, 0.1) is 0 Å². The molecule has 1 fully saturated rings. The molecule has 5 rings (SSSR count). The Morgan fingerprint density at radius 3 is 2.66 bits per heavy atom. The van der Waals surface area contributed by atoms with Crippen LogP contribution in [0.2, 0.25) is 0 Å². The first-order valence-electron chi connectivity index (χ1n) is 10.6. The summed E-state index contributed by atoms with van der Waals surface area (Å²) in [6.07, 6.45) is 5.06. The van der Waals surface area contributed by atoms with Gasteiger partial charge in [0, 0.05) is 56.2 Å². The van der Waals surface area contributed by atoms with Crippen LogP contribution in [0.3, 0.4) is 0 Å². The van der Waals surface area contributed by atoms with Crippen molar-refractivity contribution in [3.05, 3.63) is 66.2 Å². The van der Waals surface area contributed by atoms with Gasteiger partial charge in [-0.3, -0.25) is 9.78 Å². The van der Waals surface area contributed by atoms with Crippen molar-refractivity contribution in [2.24, 2.45) is 0 Å². The van der Waals surface area contributed by atoms with E-state index in [1.54, 1.807) is 6.20 Å². The Balaban J connectivity index is 1.34. The summed E-state index contributed by atoms with van der Waals surface area (Å²) in [5.41, 5.74) is 3.95. The molecule has 0 atom stereocenters. The second-order valence-corrected chi connectivity index (χ2v) is 7.89. The van der Waals surface area contributed by atoms with Gasteiger partial charge in [-0.15, -0.1) is 0 Å². The molecule has 9 heteroatoms. The van der Waals surface area contributed by atoms with Crippen molar-refractivity contribution in [1.82, 2.24) is 34.7 Å². The van der Waals surface area contributed by atoms with Gasteiger partial charge in [-0.25, -0.2) is 15.0 Å². The standard InChI is InChI=1S/C23H24N8O/c1-30-9-11-31(12-10-30)23(32)18-6-4-17(5-7-18)20-28-19-21(26-15-27-22(19)29-20)25-14-16-3-2-8-24-13-16/h2-8,13,15H,9-12,14H2,1H3,(H2,25,26,27,28,29). The van der Waals surface area contributed by atoms with Crippen molar-refractivity contribution >= 4 is 22.9 Å². The zero-order chi connectivity index (χ0) is 21.9. The van der Waals surface area contributed by atoms with E-state index in [4.69, 9.17) is 0 Å². The van der Waals surface area contributed by atoms with E-state index in [9.17, 15) is 4.79 Å². The molecule has 4 aromatic rings. The quantitative estimate of drug-likeness (QED) is 0.503. The number of carbonyl (C=O) groups excluding carboxylic acids is 1. The third-order valence-electron chi connectivity index (χ3n) is 5.67. The number of likely N-dealkylation sites (N-methyl/N-ethyl adjacent to an activating group) is 1. The van der Waals surface area contributed by atoms with Crippen LogP contribution in [0.4, 0.5) is 5.82 Å². The number of anilines is 1. The first-order chi connectivity index (χ1) is 15.7. The number of aromatic amines is 1. The lowest BCUT2D eigenvalue weighted by atomic mass is 10.1. The Bertz CT molecular complexity index is 1210. The summed E-state index contributed by atoms with van der Waals surface area (Å²) in [6.45, 7) is 3.92. The smallest absolute Gasteiger partial charge is 0.253 e. The third kappa shape index (κ3) is 4.15. The summed E-state index contributed by atoms with van der Waals surface area (Å²) in [5, 5.41) is 3.32. The Labute approximate surface area is 185 Å². The minimum absolute atomic E-state index is 0.0713. The molecule has 0 unspecified atom stereocenters. The van der Waals surface area contributed by atoms with E-state index in [0.717, 1.165) is 42.8 Å². The molecule has 0 spiro atoms. The molecule has 32 heavy (non-hydrogen) atoms. The van der Waals surface area contributed by atoms with Crippen molar-refractivity contribution in [2.75, 3.05) is 38.5 Å². The Morgan fingerprint density at radius 2 is 1.91 bits per heavy atom. The number of pyridine rings is 1. The molecule has 1 saturated heterocycles. The molecule has 0 aliphatic carbocycles. The molecule has 0 saturated carbocycles. The summed E-state index contributed by atoms with van der Waals surface area (Å²) in [7, 11) is 2.08. The summed E-state index contributed by atoms with van der Waals surface area (Å²) in [6, 6.07) is 11.4. The number of imidazole rings is 1. The highest BCUT2D eigenvalue weighted by Crippen LogP contribution is 2.24. The Morgan fingerprint density at radius 1 is 1.09 bits per heavy atom. The van der Waals surface area contributed by atoms with Crippen LogP contribution in [-0.4, -0.2) is 73.9 Å². The van der Waals surface area contributed by atoms with Gasteiger partial charge in [-0.2, -0.15) is 0 Å². The van der Waals surface area contributed by atoms with Crippen molar-refractivity contribution < 1.29 is 4.79 Å². The summed E-state index contributed by atoms with van der Waals surface area (Å²) >= 11 is 0. The van der Waals surface area contributed by atoms with Gasteiger partial charge in [-0.1, -0.05) is 18.2 Å². The SMILES string of the molecule is CN1CCN(C(=O)c2ccc(-c3nc4ncnc(NCc5cccnc5)c4[nH]3)cc2)CC1. The Kier molecular flexibility index (Phi) is 5.47. The van der Waals surface area contributed by atoms with Crippen LogP contribution in [0.25, 0.3) is 22.6 Å². The highest BCUT2D eigenvalue weighted by molar-refractivity contribution is 5.95. The largest absolute Gasteiger partial charge is 0.364 e. The molecule has 9 nitrogen and oxygen atoms in total. The first-order valence-corrected chi connectivity index (χ1v) is 10.6. The number of amides is 1. The number of H-pyrrole nitrogens is 1. The number of hydrogen-bond acceptors (Lipinski definition) is 7. The number of carbonyl (C=O) groups is 1. The zero-order valence-electron chi connectivity index (χ0n) is 17.8. The number of rotatable bonds is 5. The van der Waals surface area contributed by atoms with Gasteiger partial charge in [-0.05, 0) is 30.8 Å². The lowest BCUT2D eigenvalue weighted by Crippen LogP contribution is -2.47. The monoisotopic (exact) mass is 428 g/mol. The fourth-order valence-electron chi connectivity index (χ4n) is 3.75. The molecular formula is C23H24N8O. The van der Waals surface area contributed by atoms with Gasteiger partial charge in [0.15, 0.2) is 11.5 Å². The van der Waals surface area contributed by atoms with E-state index in [-0.39, 0.29) is 5.91 Å². The fourth-order valence-corrected chi connectivity index (χ4v) is 3.75. The number of aromatic nitrogens is 5. The highest BCUT2D eigenvalue weighted by atomic mass is 16.2. The number of nitrogens with zero attached hydrogens (tertiary/aromatic N) is 6. The van der Waals surface area contributed by atoms with Gasteiger partial charge in [0.2, 0.25) is 0 Å². The topological polar surface area (TPSA) is 103 Å². The lowest BCUT2D eigenvalue weighted by Gasteiger charge is -2.32. The molecule has 1 aliphatic heterocycles. The predicted octanol–water partition coefficient (Wildman–Crippen LogP) is 2.41. The van der Waals surface area contributed by atoms with Crippen LogP contribution >= 0.6 is 0 Å². The minimum Gasteiger partial charge on any atom is -0.364 e. The van der Waals surface area contributed by atoms with E-state index in [1.807, 2.05) is 47.5 Å². The second kappa shape index (κ2) is 8.72. The van der Waals surface area contributed by atoms with Crippen LogP contribution in [-0.2, 0) is 6.54 Å². The minimum atomic E-state index is 0.0713. The van der Waals surface area contributed by atoms with Crippen LogP contribution < -0.4 is 5.32 Å². The molecule has 2 N–H and O–H groups in total. The van der Waals surface area contributed by atoms with E-state index in [2.05, 4.69) is 42.2 Å². The maximum atomic E-state index is 12.8. The summed E-state index contributed by atoms with van der Waals surface area (Å²) in [5.74, 6) is 1.44. The third-order valence-corrected chi connectivity index (χ3v) is 5.67. The second-order valence-electron chi connectivity index (χ2n) is 7.89. The maximum absolute atomic E-state index is 12.8. The Hall–Kier alpha value is -3.85. The molecule has 1 aliphatic rings. The average Bonchev–Trinajstić information content (AvgIpc) is 3.29. The van der Waals surface area contributed by atoms with Gasteiger partial charge >= 0.3 is 0 Å². The van der Waals surface area contributed by atoms with Gasteiger partial charge in [0.25, 0.3) is 5.91 Å². The van der Waals surface area contributed by atoms with Crippen molar-refractivity contribution in [2.45, 2.75) is 6.54 Å². The summed E-state index contributed by atoms with van der Waals surface area (Å²) in [4.78, 5) is 37.6. The molecule has 0 bridgehead atoms. The van der Waals surface area contributed by atoms with Crippen LogP contribution in [0.5, 0.6) is 0 Å². The van der Waals surface area contributed by atoms with E-state index in [0.29, 0.717) is 29.4 Å². The number of hydrogen-bond donors (Lipinski definition) is 2. The molecule has 1 aromatic carbocycles. The summed E-state index contributed by atoms with van der Waals surface area (Å²) < 4.78 is 0. The normalized spacial score (nSPS) is 14.6. The fraction of sp³-hybridized carbons (Fsp3) is 0.261. The predicted molar refractivity (Wildman–Crippen MR) is 122 cm³/mol. The molecule has 162 valence electrons. The molecule has 0 radical (unpaired) electrons. The highest BCUT2D eigenvalue weighted by Gasteiger charge is 2.20. The number of fused-ring (bicyclic) bond motifs is 1. The van der Waals surface area contributed by atoms with E-state index < -0.39 is 0 Å². The first kappa shape index (κ1) is 20.1. The molecule has 1 amide bonds. The van der Waals surface area contributed by atoms with Crippen LogP contribution in [0.1, 0.15) is 15.9 Å². The number of benzene rings is 1. The lowest BCUT2D eigenvalue weighted by molar-refractivity contribution is 0.0664. The van der Waals surface area contributed by atoms with Crippen LogP contribution in [0.15, 0.2) is 55.1 Å². The number of piperazine rings is 1. The zero-order valence-corrected chi connectivity index (χ0v) is 17.8. The van der Waals surface area contributed by atoms with Crippen LogP contribution in [0, 0.1) is 0 Å². The van der Waals surface area contributed by atoms with Crippen molar-refractivity contribution in [3.8, 4) is 11.4 Å². The van der Waals surface area contributed by atoms with E-state index >= 15 is 0 Å². The molecule has 4 heterocycles.